The minimum Gasteiger partial charge on any atom is -0.372 e. The lowest BCUT2D eigenvalue weighted by Crippen LogP contribution is -1.98. The predicted octanol–water partition coefficient (Wildman–Crippen LogP) is 2.99. The summed E-state index contributed by atoms with van der Waals surface area (Å²) < 4.78 is 32.3. The predicted molar refractivity (Wildman–Crippen MR) is 77.2 cm³/mol. The van der Waals surface area contributed by atoms with Gasteiger partial charge in [0.15, 0.2) is 0 Å². The Bertz CT molecular complexity index is 674. The van der Waals surface area contributed by atoms with Gasteiger partial charge in [0.05, 0.1) is 19.8 Å². The van der Waals surface area contributed by atoms with Crippen LogP contribution in [-0.2, 0) is 18.0 Å². The molecule has 0 saturated heterocycles. The van der Waals surface area contributed by atoms with E-state index in [1.165, 1.54) is 18.2 Å². The highest BCUT2D eigenvalue weighted by Gasteiger charge is 2.03. The zero-order chi connectivity index (χ0) is 15.1. The Hall–Kier alpha value is -2.22. The molecule has 0 atom stereocenters. The van der Waals surface area contributed by atoms with E-state index in [1.807, 2.05) is 0 Å². The minimum absolute atomic E-state index is 0.132. The monoisotopic (exact) mass is 287 g/mol. The molecule has 0 aliphatic rings. The summed E-state index contributed by atoms with van der Waals surface area (Å²) in [5.41, 5.74) is 6.95. The van der Waals surface area contributed by atoms with Crippen molar-refractivity contribution < 1.29 is 13.5 Å². The van der Waals surface area contributed by atoms with Crippen LogP contribution in [0.1, 0.15) is 16.7 Å². The Labute approximate surface area is 122 Å². The van der Waals surface area contributed by atoms with Gasteiger partial charge < -0.3 is 10.5 Å². The van der Waals surface area contributed by atoms with Crippen molar-refractivity contribution in [1.29, 1.82) is 0 Å². The lowest BCUT2D eigenvalue weighted by Gasteiger charge is -2.06. The second kappa shape index (κ2) is 7.53. The molecule has 0 bridgehead atoms. The lowest BCUT2D eigenvalue weighted by molar-refractivity contribution is 0.104. The summed E-state index contributed by atoms with van der Waals surface area (Å²) in [6.45, 7) is 0.534. The molecule has 0 amide bonds. The summed E-state index contributed by atoms with van der Waals surface area (Å²) >= 11 is 0. The lowest BCUT2D eigenvalue weighted by atomic mass is 10.1. The third kappa shape index (κ3) is 4.67. The third-order valence-corrected chi connectivity index (χ3v) is 2.78. The van der Waals surface area contributed by atoms with E-state index in [9.17, 15) is 8.78 Å². The van der Waals surface area contributed by atoms with E-state index in [0.717, 1.165) is 0 Å². The molecule has 0 unspecified atom stereocenters. The molecule has 0 spiro atoms. The molecule has 2 N–H and O–H groups in total. The highest BCUT2D eigenvalue weighted by molar-refractivity contribution is 5.37. The number of ether oxygens (including phenoxy) is 1. The van der Waals surface area contributed by atoms with Gasteiger partial charge in [0, 0.05) is 11.1 Å². The van der Waals surface area contributed by atoms with Crippen molar-refractivity contribution in [1.82, 2.24) is 0 Å². The third-order valence-electron chi connectivity index (χ3n) is 2.78. The van der Waals surface area contributed by atoms with Crippen molar-refractivity contribution in [3.05, 3.63) is 70.8 Å². The first-order valence-electron chi connectivity index (χ1n) is 6.48. The quantitative estimate of drug-likeness (QED) is 0.877. The Morgan fingerprint density at radius 2 is 1.86 bits per heavy atom. The van der Waals surface area contributed by atoms with Crippen LogP contribution in [0.15, 0.2) is 42.5 Å². The van der Waals surface area contributed by atoms with Crippen molar-refractivity contribution in [2.45, 2.75) is 13.2 Å². The normalized spacial score (nSPS) is 10.0. The molecule has 0 aliphatic carbocycles. The number of nitrogens with two attached hydrogens (primary N) is 1. The first-order chi connectivity index (χ1) is 10.2. The highest BCUT2D eigenvalue weighted by Crippen LogP contribution is 2.12. The Kier molecular flexibility index (Phi) is 5.44. The molecule has 0 saturated carbocycles. The maximum atomic E-state index is 13.5. The van der Waals surface area contributed by atoms with Crippen LogP contribution in [0.3, 0.4) is 0 Å². The SMILES string of the molecule is NCC#Cc1cc(F)cc(COCc2ccccc2F)c1. The maximum absolute atomic E-state index is 13.5. The number of halogens is 2. The largest absolute Gasteiger partial charge is 0.372 e. The van der Waals surface area contributed by atoms with Gasteiger partial charge in [-0.15, -0.1) is 0 Å². The van der Waals surface area contributed by atoms with Gasteiger partial charge in [-0.3, -0.25) is 0 Å². The molecule has 108 valence electrons. The molecule has 0 heterocycles. The molecular formula is C17H15F2NO. The maximum Gasteiger partial charge on any atom is 0.128 e. The molecule has 4 heteroatoms. The molecule has 2 aromatic carbocycles. The van der Waals surface area contributed by atoms with Gasteiger partial charge in [-0.1, -0.05) is 30.0 Å². The highest BCUT2D eigenvalue weighted by atomic mass is 19.1. The molecule has 21 heavy (non-hydrogen) atoms. The van der Waals surface area contributed by atoms with Crippen LogP contribution in [0.25, 0.3) is 0 Å². The average molecular weight is 287 g/mol. The fraction of sp³-hybridized carbons (Fsp3) is 0.176. The van der Waals surface area contributed by atoms with E-state index in [4.69, 9.17) is 10.5 Å². The number of benzene rings is 2. The van der Waals surface area contributed by atoms with Crippen molar-refractivity contribution in [2.75, 3.05) is 6.54 Å². The fourth-order valence-corrected chi connectivity index (χ4v) is 1.85. The zero-order valence-corrected chi connectivity index (χ0v) is 11.4. The molecule has 0 aliphatic heterocycles. The van der Waals surface area contributed by atoms with Crippen molar-refractivity contribution in [3.63, 3.8) is 0 Å². The van der Waals surface area contributed by atoms with Gasteiger partial charge in [0.2, 0.25) is 0 Å². The summed E-state index contributed by atoms with van der Waals surface area (Å²) in [5.74, 6) is 4.74. The first-order valence-corrected chi connectivity index (χ1v) is 6.48. The average Bonchev–Trinajstić information content (AvgIpc) is 2.47. The van der Waals surface area contributed by atoms with Gasteiger partial charge >= 0.3 is 0 Å². The van der Waals surface area contributed by atoms with Crippen LogP contribution in [0.2, 0.25) is 0 Å². The van der Waals surface area contributed by atoms with Gasteiger partial charge in [-0.25, -0.2) is 8.78 Å². The topological polar surface area (TPSA) is 35.2 Å². The molecule has 0 fully saturated rings. The fourth-order valence-electron chi connectivity index (χ4n) is 1.85. The second-order valence-corrected chi connectivity index (χ2v) is 4.44. The smallest absolute Gasteiger partial charge is 0.128 e. The van der Waals surface area contributed by atoms with E-state index in [1.54, 1.807) is 24.3 Å². The van der Waals surface area contributed by atoms with Gasteiger partial charge in [-0.2, -0.15) is 0 Å². The van der Waals surface area contributed by atoms with Gasteiger partial charge in [0.25, 0.3) is 0 Å². The van der Waals surface area contributed by atoms with E-state index in [2.05, 4.69) is 11.8 Å². The van der Waals surface area contributed by atoms with Crippen molar-refractivity contribution >= 4 is 0 Å². The van der Waals surface area contributed by atoms with Crippen molar-refractivity contribution in [3.8, 4) is 11.8 Å². The van der Waals surface area contributed by atoms with Crippen molar-refractivity contribution in [2.24, 2.45) is 5.73 Å². The Morgan fingerprint density at radius 3 is 2.62 bits per heavy atom. The van der Waals surface area contributed by atoms with Crippen LogP contribution in [0.4, 0.5) is 8.78 Å². The first kappa shape index (κ1) is 15.2. The number of hydrogen-bond donors (Lipinski definition) is 1. The molecular weight excluding hydrogens is 272 g/mol. The van der Waals surface area contributed by atoms with Crippen LogP contribution in [-0.4, -0.2) is 6.54 Å². The molecule has 0 aromatic heterocycles. The molecule has 0 radical (unpaired) electrons. The second-order valence-electron chi connectivity index (χ2n) is 4.44. The standard InChI is InChI=1S/C17H15F2NO/c18-16-9-13(4-3-7-20)8-14(10-16)11-21-12-15-5-1-2-6-17(15)19/h1-2,5-6,8-10H,7,11-12,20H2. The van der Waals surface area contributed by atoms with Crippen LogP contribution >= 0.6 is 0 Å². The van der Waals surface area contributed by atoms with Crippen LogP contribution in [0.5, 0.6) is 0 Å². The zero-order valence-electron chi connectivity index (χ0n) is 11.4. The summed E-state index contributed by atoms with van der Waals surface area (Å²) in [4.78, 5) is 0. The molecule has 2 aromatic rings. The van der Waals surface area contributed by atoms with E-state index < -0.39 is 0 Å². The summed E-state index contributed by atoms with van der Waals surface area (Å²) in [7, 11) is 0. The van der Waals surface area contributed by atoms with Gasteiger partial charge in [-0.05, 0) is 29.8 Å². The minimum atomic E-state index is -0.386. The van der Waals surface area contributed by atoms with Gasteiger partial charge in [0.1, 0.15) is 11.6 Å². The van der Waals surface area contributed by atoms with Crippen LogP contribution in [0, 0.1) is 23.5 Å². The molecule has 2 rings (SSSR count). The molecule has 2 nitrogen and oxygen atoms in total. The summed E-state index contributed by atoms with van der Waals surface area (Å²) in [6.07, 6.45) is 0. The van der Waals surface area contributed by atoms with E-state index >= 15 is 0 Å². The summed E-state index contributed by atoms with van der Waals surface area (Å²) in [6, 6.07) is 10.8. The summed E-state index contributed by atoms with van der Waals surface area (Å²) in [5, 5.41) is 0. The van der Waals surface area contributed by atoms with Crippen LogP contribution < -0.4 is 5.73 Å². The van der Waals surface area contributed by atoms with E-state index in [-0.39, 0.29) is 31.4 Å². The van der Waals surface area contributed by atoms with E-state index in [0.29, 0.717) is 16.7 Å². The number of rotatable bonds is 4. The Morgan fingerprint density at radius 1 is 1.05 bits per heavy atom. The Balaban J connectivity index is 2.00. The number of hydrogen-bond acceptors (Lipinski definition) is 2.